The van der Waals surface area contributed by atoms with Crippen molar-refractivity contribution >= 4 is 36.9 Å². The summed E-state index contributed by atoms with van der Waals surface area (Å²) in [4.78, 5) is 31.7. The number of halogens is 1. The van der Waals surface area contributed by atoms with E-state index < -0.39 is 6.10 Å². The number of aliphatic hydroxyl groups excluding tert-OH is 1. The molecule has 0 aliphatic heterocycles. The number of carbonyl (C=O) groups is 2. The molecule has 1 aromatic carbocycles. The fourth-order valence-electron chi connectivity index (χ4n) is 2.72. The van der Waals surface area contributed by atoms with Gasteiger partial charge in [-0.2, -0.15) is 0 Å². The van der Waals surface area contributed by atoms with Crippen LogP contribution in [0.1, 0.15) is 43.9 Å². The number of rotatable bonds is 9. The van der Waals surface area contributed by atoms with Crippen molar-refractivity contribution < 1.29 is 19.1 Å². The van der Waals surface area contributed by atoms with Gasteiger partial charge in [0.25, 0.3) is 0 Å². The zero-order chi connectivity index (χ0) is 21.6. The normalized spacial score (nSPS) is 12.4. The molecule has 154 valence electrons. The number of ketones is 1. The molecular formula is C21H24FN3O3S. The Morgan fingerprint density at radius 1 is 1.28 bits per heavy atom. The minimum absolute atomic E-state index is 0.0136. The second-order valence-electron chi connectivity index (χ2n) is 6.92. The first kappa shape index (κ1) is 22.7. The maximum atomic E-state index is 13.4. The Labute approximate surface area is 175 Å². The van der Waals surface area contributed by atoms with Crippen LogP contribution in [0.3, 0.4) is 0 Å². The van der Waals surface area contributed by atoms with E-state index in [0.717, 1.165) is 0 Å². The third kappa shape index (κ3) is 6.20. The molecule has 0 saturated heterocycles. The summed E-state index contributed by atoms with van der Waals surface area (Å²) >= 11 is 4.28. The van der Waals surface area contributed by atoms with E-state index in [1.807, 2.05) is 13.8 Å². The summed E-state index contributed by atoms with van der Waals surface area (Å²) in [7, 11) is 1.70. The molecule has 6 nitrogen and oxygen atoms in total. The van der Waals surface area contributed by atoms with Crippen molar-refractivity contribution in [3.63, 3.8) is 0 Å². The molecule has 0 aliphatic rings. The lowest BCUT2D eigenvalue weighted by atomic mass is 9.97. The molecule has 1 unspecified atom stereocenters. The van der Waals surface area contributed by atoms with Crippen LogP contribution in [0.15, 0.2) is 30.3 Å². The van der Waals surface area contributed by atoms with E-state index in [1.165, 1.54) is 22.5 Å². The lowest BCUT2D eigenvalue weighted by Gasteiger charge is -2.18. The molecule has 0 aliphatic carbocycles. The number of hydrogen-bond donors (Lipinski definition) is 2. The summed E-state index contributed by atoms with van der Waals surface area (Å²) in [6.45, 7) is 3.93. The smallest absolute Gasteiger partial charge is 0.235 e. The number of aliphatic hydroxyl groups is 1. The van der Waals surface area contributed by atoms with Crippen LogP contribution in [0.4, 0.5) is 10.3 Å². The maximum Gasteiger partial charge on any atom is 0.235 e. The van der Waals surface area contributed by atoms with Gasteiger partial charge >= 0.3 is 0 Å². The monoisotopic (exact) mass is 417 g/mol. The Bertz CT molecular complexity index is 899. The second kappa shape index (κ2) is 10.3. The zero-order valence-electron chi connectivity index (χ0n) is 16.5. The molecule has 1 aromatic heterocycles. The first-order valence-corrected chi connectivity index (χ1v) is 9.56. The number of nitrogens with zero attached hydrogens (tertiary/aromatic N) is 3. The molecule has 0 fully saturated rings. The van der Waals surface area contributed by atoms with Gasteiger partial charge in [0, 0.05) is 31.0 Å². The van der Waals surface area contributed by atoms with Gasteiger partial charge in [0.2, 0.25) is 5.95 Å². The first-order chi connectivity index (χ1) is 13.7. The second-order valence-corrected chi connectivity index (χ2v) is 7.52. The molecule has 1 N–H and O–H groups in total. The van der Waals surface area contributed by atoms with Crippen LogP contribution in [0.2, 0.25) is 0 Å². The fraction of sp³-hybridized carbons (Fsp3) is 0.333. The quantitative estimate of drug-likeness (QED) is 0.368. The van der Waals surface area contributed by atoms with E-state index >= 15 is 0 Å². The van der Waals surface area contributed by atoms with Crippen LogP contribution >= 0.6 is 12.8 Å². The summed E-state index contributed by atoms with van der Waals surface area (Å²) in [5, 5.41) is 9.66. The van der Waals surface area contributed by atoms with Crippen LogP contribution in [0, 0.1) is 5.82 Å². The SMILES string of the molecule is CC(C)c1nc(N(C)S)nc(-c2ccc(F)cc2)c1/C=C/C(=O)CC(O)CC=O. The Balaban J connectivity index is 2.55. The Hall–Kier alpha value is -2.58. The minimum atomic E-state index is -1.01. The van der Waals surface area contributed by atoms with Gasteiger partial charge in [-0.05, 0) is 42.3 Å². The minimum Gasteiger partial charge on any atom is -0.392 e. The van der Waals surface area contributed by atoms with Crippen molar-refractivity contribution in [1.29, 1.82) is 0 Å². The number of benzene rings is 1. The highest BCUT2D eigenvalue weighted by molar-refractivity contribution is 7.81. The molecule has 0 saturated carbocycles. The fourth-order valence-corrected chi connectivity index (χ4v) is 2.81. The number of allylic oxidation sites excluding steroid dienone is 1. The Morgan fingerprint density at radius 2 is 1.93 bits per heavy atom. The van der Waals surface area contributed by atoms with Gasteiger partial charge in [-0.25, -0.2) is 14.4 Å². The summed E-state index contributed by atoms with van der Waals surface area (Å²) in [5.74, 6) is -0.301. The van der Waals surface area contributed by atoms with Gasteiger partial charge in [0.1, 0.15) is 12.1 Å². The van der Waals surface area contributed by atoms with Crippen molar-refractivity contribution in [3.05, 3.63) is 47.4 Å². The van der Waals surface area contributed by atoms with Gasteiger partial charge in [-0.3, -0.25) is 9.10 Å². The number of hydrogen-bond acceptors (Lipinski definition) is 7. The average molecular weight is 418 g/mol. The largest absolute Gasteiger partial charge is 0.392 e. The first-order valence-electron chi connectivity index (χ1n) is 9.16. The van der Waals surface area contributed by atoms with E-state index in [-0.39, 0.29) is 30.4 Å². The van der Waals surface area contributed by atoms with Crippen LogP contribution in [0.25, 0.3) is 17.3 Å². The highest BCUT2D eigenvalue weighted by Crippen LogP contribution is 2.31. The van der Waals surface area contributed by atoms with Gasteiger partial charge in [-0.15, -0.1) is 0 Å². The van der Waals surface area contributed by atoms with Gasteiger partial charge in [0.15, 0.2) is 5.78 Å². The van der Waals surface area contributed by atoms with Crippen LogP contribution in [0.5, 0.6) is 0 Å². The highest BCUT2D eigenvalue weighted by atomic mass is 32.1. The van der Waals surface area contributed by atoms with Gasteiger partial charge in [-0.1, -0.05) is 26.7 Å². The number of carbonyl (C=O) groups excluding carboxylic acids is 2. The Kier molecular flexibility index (Phi) is 8.04. The summed E-state index contributed by atoms with van der Waals surface area (Å²) in [5.41, 5.74) is 2.54. The molecule has 0 amide bonds. The number of aromatic nitrogens is 2. The van der Waals surface area contributed by atoms with Crippen LogP contribution in [-0.2, 0) is 9.59 Å². The molecular weight excluding hydrogens is 393 g/mol. The zero-order valence-corrected chi connectivity index (χ0v) is 17.4. The third-order valence-corrected chi connectivity index (χ3v) is 4.34. The summed E-state index contributed by atoms with van der Waals surface area (Å²) in [6, 6.07) is 5.89. The predicted octanol–water partition coefficient (Wildman–Crippen LogP) is 3.61. The van der Waals surface area contributed by atoms with Crippen molar-refractivity contribution in [2.75, 3.05) is 11.4 Å². The van der Waals surface area contributed by atoms with Crippen molar-refractivity contribution in [2.24, 2.45) is 0 Å². The maximum absolute atomic E-state index is 13.4. The standard InChI is InChI=1S/C21H24FN3O3S/c1-13(2)19-18(9-8-16(27)12-17(28)10-11-26)20(24-21(23-19)25(3)29)14-4-6-15(22)7-5-14/h4-9,11,13,17,28-29H,10,12H2,1-3H3/b9-8+. The van der Waals surface area contributed by atoms with E-state index in [1.54, 1.807) is 25.3 Å². The van der Waals surface area contributed by atoms with Crippen molar-refractivity contribution in [3.8, 4) is 11.3 Å². The number of aldehydes is 1. The lowest BCUT2D eigenvalue weighted by molar-refractivity contribution is -0.117. The molecule has 8 heteroatoms. The Morgan fingerprint density at radius 3 is 2.48 bits per heavy atom. The molecule has 0 radical (unpaired) electrons. The number of anilines is 1. The van der Waals surface area contributed by atoms with E-state index in [9.17, 15) is 19.1 Å². The highest BCUT2D eigenvalue weighted by Gasteiger charge is 2.18. The topological polar surface area (TPSA) is 83.4 Å². The lowest BCUT2D eigenvalue weighted by Crippen LogP contribution is -2.13. The number of thiol groups is 1. The van der Waals surface area contributed by atoms with Crippen molar-refractivity contribution in [1.82, 2.24) is 9.97 Å². The molecule has 0 spiro atoms. The third-order valence-electron chi connectivity index (χ3n) is 4.16. The van der Waals surface area contributed by atoms with Crippen LogP contribution in [-0.4, -0.2) is 40.3 Å². The van der Waals surface area contributed by atoms with E-state index in [2.05, 4.69) is 22.8 Å². The molecule has 1 atom stereocenters. The predicted molar refractivity (Wildman–Crippen MR) is 114 cm³/mol. The van der Waals surface area contributed by atoms with E-state index in [0.29, 0.717) is 34.7 Å². The van der Waals surface area contributed by atoms with Gasteiger partial charge in [0.05, 0.1) is 17.5 Å². The molecule has 2 aromatic rings. The molecule has 2 rings (SSSR count). The summed E-state index contributed by atoms with van der Waals surface area (Å²) in [6.07, 6.45) is 2.26. The molecule has 0 bridgehead atoms. The van der Waals surface area contributed by atoms with Gasteiger partial charge < -0.3 is 9.90 Å². The summed E-state index contributed by atoms with van der Waals surface area (Å²) < 4.78 is 14.9. The average Bonchev–Trinajstić information content (AvgIpc) is 2.66. The van der Waals surface area contributed by atoms with Crippen LogP contribution < -0.4 is 4.31 Å². The van der Waals surface area contributed by atoms with E-state index in [4.69, 9.17) is 0 Å². The van der Waals surface area contributed by atoms with Crippen molar-refractivity contribution in [2.45, 2.75) is 38.7 Å². The molecule has 29 heavy (non-hydrogen) atoms. The molecule has 1 heterocycles.